The molecule has 2 aromatic carbocycles. The molecule has 7 nitrogen and oxygen atoms in total. The number of ether oxygens (including phenoxy) is 1. The van der Waals surface area contributed by atoms with Crippen molar-refractivity contribution in [3.8, 4) is 5.75 Å². The number of rotatable bonds is 7. The van der Waals surface area contributed by atoms with E-state index in [0.717, 1.165) is 6.07 Å². The predicted molar refractivity (Wildman–Crippen MR) is 111 cm³/mol. The van der Waals surface area contributed by atoms with E-state index in [-0.39, 0.29) is 35.7 Å². The highest BCUT2D eigenvalue weighted by molar-refractivity contribution is 7.89. The smallest absolute Gasteiger partial charge is 0.405 e. The van der Waals surface area contributed by atoms with Gasteiger partial charge >= 0.3 is 6.09 Å². The molecule has 1 saturated heterocycles. The summed E-state index contributed by atoms with van der Waals surface area (Å²) in [4.78, 5) is 11.1. The van der Waals surface area contributed by atoms with Gasteiger partial charge in [0.1, 0.15) is 6.10 Å². The van der Waals surface area contributed by atoms with E-state index in [0.29, 0.717) is 18.4 Å². The Bertz CT molecular complexity index is 982. The van der Waals surface area contributed by atoms with Crippen LogP contribution >= 0.6 is 11.6 Å². The standard InChI is InChI=1S/C20H22ClFN2O5S/c21-15-6-7-19(17(22)12-15)29-16-8-10-24(11-9-16)30(27,28)13-18(23-20(25)26)14-4-2-1-3-5-14/h1-7,12,16,18,23H,8-11,13H2,(H,25,26)/t18-/m0/s1. The number of amides is 1. The van der Waals surface area contributed by atoms with Crippen LogP contribution in [-0.2, 0) is 10.0 Å². The van der Waals surface area contributed by atoms with Crippen LogP contribution in [0.25, 0.3) is 0 Å². The van der Waals surface area contributed by atoms with Gasteiger partial charge in [0.15, 0.2) is 11.6 Å². The summed E-state index contributed by atoms with van der Waals surface area (Å²) in [6, 6.07) is 11.8. The summed E-state index contributed by atoms with van der Waals surface area (Å²) in [5.74, 6) is -0.876. The number of sulfonamides is 1. The fourth-order valence-electron chi connectivity index (χ4n) is 3.35. The van der Waals surface area contributed by atoms with E-state index in [9.17, 15) is 17.6 Å². The van der Waals surface area contributed by atoms with Gasteiger partial charge in [-0.2, -0.15) is 0 Å². The molecule has 162 valence electrons. The third-order valence-electron chi connectivity index (χ3n) is 4.86. The molecule has 2 aromatic rings. The Balaban J connectivity index is 1.62. The van der Waals surface area contributed by atoms with E-state index in [1.807, 2.05) is 0 Å². The molecule has 1 aliphatic heterocycles. The van der Waals surface area contributed by atoms with Gasteiger partial charge in [-0.1, -0.05) is 41.9 Å². The first kappa shape index (κ1) is 22.3. The number of halogens is 2. The normalized spacial score (nSPS) is 16.7. The molecule has 0 spiro atoms. The van der Waals surface area contributed by atoms with Crippen LogP contribution in [0.5, 0.6) is 5.75 Å². The van der Waals surface area contributed by atoms with Crippen LogP contribution in [0.2, 0.25) is 5.02 Å². The fraction of sp³-hybridized carbons (Fsp3) is 0.350. The van der Waals surface area contributed by atoms with Gasteiger partial charge in [0.25, 0.3) is 0 Å². The maximum atomic E-state index is 13.9. The zero-order chi connectivity index (χ0) is 21.7. The van der Waals surface area contributed by atoms with E-state index >= 15 is 0 Å². The lowest BCUT2D eigenvalue weighted by Gasteiger charge is -2.32. The van der Waals surface area contributed by atoms with Crippen LogP contribution in [-0.4, -0.2) is 48.9 Å². The number of piperidine rings is 1. The van der Waals surface area contributed by atoms with Crippen molar-refractivity contribution >= 4 is 27.7 Å². The molecule has 1 amide bonds. The molecule has 1 fully saturated rings. The minimum atomic E-state index is -3.73. The lowest BCUT2D eigenvalue weighted by atomic mass is 10.1. The van der Waals surface area contributed by atoms with Crippen LogP contribution in [0.4, 0.5) is 9.18 Å². The first-order valence-corrected chi connectivity index (χ1v) is 11.4. The number of benzene rings is 2. The second-order valence-corrected chi connectivity index (χ2v) is 9.43. The SMILES string of the molecule is O=C(O)N[C@@H](CS(=O)(=O)N1CCC(Oc2ccc(Cl)cc2F)CC1)c1ccccc1. The van der Waals surface area contributed by atoms with Crippen LogP contribution in [0, 0.1) is 5.82 Å². The minimum absolute atomic E-state index is 0.0792. The molecule has 30 heavy (non-hydrogen) atoms. The second-order valence-electron chi connectivity index (χ2n) is 6.98. The van der Waals surface area contributed by atoms with Gasteiger partial charge in [-0.25, -0.2) is 21.9 Å². The average molecular weight is 457 g/mol. The van der Waals surface area contributed by atoms with Gasteiger partial charge in [-0.05, 0) is 36.6 Å². The van der Waals surface area contributed by atoms with E-state index in [1.54, 1.807) is 30.3 Å². The number of carbonyl (C=O) groups is 1. The first-order chi connectivity index (χ1) is 14.2. The zero-order valence-electron chi connectivity index (χ0n) is 16.0. The highest BCUT2D eigenvalue weighted by Crippen LogP contribution is 2.26. The molecule has 3 rings (SSSR count). The van der Waals surface area contributed by atoms with Gasteiger partial charge < -0.3 is 15.2 Å². The lowest BCUT2D eigenvalue weighted by molar-refractivity contribution is 0.130. The van der Waals surface area contributed by atoms with Crippen LogP contribution in [0.15, 0.2) is 48.5 Å². The lowest BCUT2D eigenvalue weighted by Crippen LogP contribution is -2.45. The van der Waals surface area contributed by atoms with Crippen molar-refractivity contribution in [2.45, 2.75) is 25.0 Å². The van der Waals surface area contributed by atoms with Crippen molar-refractivity contribution in [3.63, 3.8) is 0 Å². The summed E-state index contributed by atoms with van der Waals surface area (Å²) < 4.78 is 46.7. The van der Waals surface area contributed by atoms with Crippen LogP contribution in [0.1, 0.15) is 24.4 Å². The maximum Gasteiger partial charge on any atom is 0.405 e. The molecule has 1 aliphatic rings. The summed E-state index contributed by atoms with van der Waals surface area (Å²) in [6.07, 6.45) is -0.835. The third kappa shape index (κ3) is 5.84. The van der Waals surface area contributed by atoms with Gasteiger partial charge in [-0.15, -0.1) is 0 Å². The molecular weight excluding hydrogens is 435 g/mol. The van der Waals surface area contributed by atoms with E-state index < -0.39 is 28.0 Å². The molecule has 0 unspecified atom stereocenters. The monoisotopic (exact) mass is 456 g/mol. The molecule has 0 saturated carbocycles. The van der Waals surface area contributed by atoms with Crippen LogP contribution in [0.3, 0.4) is 0 Å². The number of nitrogens with one attached hydrogen (secondary N) is 1. The molecule has 0 aliphatic carbocycles. The van der Waals surface area contributed by atoms with Gasteiger partial charge in [-0.3, -0.25) is 0 Å². The van der Waals surface area contributed by atoms with Crippen molar-refractivity contribution in [1.82, 2.24) is 9.62 Å². The topological polar surface area (TPSA) is 95.9 Å². The molecule has 1 heterocycles. The maximum absolute atomic E-state index is 13.9. The Morgan fingerprint density at radius 3 is 2.50 bits per heavy atom. The quantitative estimate of drug-likeness (QED) is 0.662. The summed E-state index contributed by atoms with van der Waals surface area (Å²) in [5.41, 5.74) is 0.569. The Hall–Kier alpha value is -2.36. The molecule has 2 N–H and O–H groups in total. The minimum Gasteiger partial charge on any atom is -0.487 e. The highest BCUT2D eigenvalue weighted by Gasteiger charge is 2.32. The van der Waals surface area contributed by atoms with Crippen LogP contribution < -0.4 is 10.1 Å². The predicted octanol–water partition coefficient (Wildman–Crippen LogP) is 3.66. The molecule has 10 heteroatoms. The zero-order valence-corrected chi connectivity index (χ0v) is 17.6. The highest BCUT2D eigenvalue weighted by atomic mass is 35.5. The molecule has 0 radical (unpaired) electrons. The first-order valence-electron chi connectivity index (χ1n) is 9.38. The Kier molecular flexibility index (Phi) is 7.17. The second kappa shape index (κ2) is 9.63. The average Bonchev–Trinajstić information content (AvgIpc) is 2.70. The fourth-order valence-corrected chi connectivity index (χ4v) is 5.18. The van der Waals surface area contributed by atoms with Crippen molar-refractivity contribution in [2.75, 3.05) is 18.8 Å². The van der Waals surface area contributed by atoms with E-state index in [4.69, 9.17) is 21.4 Å². The number of hydrogen-bond donors (Lipinski definition) is 2. The van der Waals surface area contributed by atoms with Gasteiger partial charge in [0.05, 0.1) is 11.8 Å². The van der Waals surface area contributed by atoms with Crippen molar-refractivity contribution < 1.29 is 27.4 Å². The molecule has 0 aromatic heterocycles. The number of carboxylic acid groups (broad SMARTS) is 1. The molecule has 1 atom stereocenters. The van der Waals surface area contributed by atoms with Gasteiger partial charge in [0, 0.05) is 18.1 Å². The van der Waals surface area contributed by atoms with Crippen molar-refractivity contribution in [1.29, 1.82) is 0 Å². The summed E-state index contributed by atoms with van der Waals surface area (Å²) in [7, 11) is -3.73. The third-order valence-corrected chi connectivity index (χ3v) is 7.00. The summed E-state index contributed by atoms with van der Waals surface area (Å²) in [6.45, 7) is 0.410. The number of hydrogen-bond acceptors (Lipinski definition) is 4. The Morgan fingerprint density at radius 2 is 1.90 bits per heavy atom. The summed E-state index contributed by atoms with van der Waals surface area (Å²) >= 11 is 5.74. The van der Waals surface area contributed by atoms with E-state index in [1.165, 1.54) is 16.4 Å². The van der Waals surface area contributed by atoms with Gasteiger partial charge in [0.2, 0.25) is 10.0 Å². The molecular formula is C20H22ClFN2O5S. The van der Waals surface area contributed by atoms with Crippen molar-refractivity contribution in [3.05, 3.63) is 64.9 Å². The number of nitrogens with zero attached hydrogens (tertiary/aromatic N) is 1. The largest absolute Gasteiger partial charge is 0.487 e. The Labute approximate surface area is 179 Å². The molecule has 0 bridgehead atoms. The van der Waals surface area contributed by atoms with Crippen molar-refractivity contribution in [2.24, 2.45) is 0 Å². The summed E-state index contributed by atoms with van der Waals surface area (Å²) in [5, 5.41) is 11.6. The van der Waals surface area contributed by atoms with E-state index in [2.05, 4.69) is 5.32 Å². The Morgan fingerprint density at radius 1 is 1.23 bits per heavy atom.